The van der Waals surface area contributed by atoms with Gasteiger partial charge in [0.1, 0.15) is 10.6 Å². The van der Waals surface area contributed by atoms with Crippen molar-refractivity contribution in [1.29, 1.82) is 0 Å². The Morgan fingerprint density at radius 1 is 1.35 bits per heavy atom. The van der Waals surface area contributed by atoms with E-state index in [9.17, 15) is 9.59 Å². The minimum Gasteiger partial charge on any atom is -0.497 e. The number of aryl methyl sites for hydroxylation is 1. The van der Waals surface area contributed by atoms with Gasteiger partial charge in [-0.3, -0.25) is 9.59 Å². The van der Waals surface area contributed by atoms with Crippen molar-refractivity contribution in [2.45, 2.75) is 13.3 Å². The summed E-state index contributed by atoms with van der Waals surface area (Å²) in [5.41, 5.74) is 1.73. The fraction of sp³-hybridized carbons (Fsp3) is 0.286. The highest BCUT2D eigenvalue weighted by molar-refractivity contribution is 7.11. The number of ether oxygens (including phenoxy) is 1. The van der Waals surface area contributed by atoms with Crippen LogP contribution in [0.4, 0.5) is 0 Å². The molecule has 0 spiro atoms. The van der Waals surface area contributed by atoms with Gasteiger partial charge in [-0.05, 0) is 31.0 Å². The summed E-state index contributed by atoms with van der Waals surface area (Å²) in [5.74, 6) is 0.602. The first kappa shape index (κ1) is 14.3. The van der Waals surface area contributed by atoms with Crippen LogP contribution in [0.25, 0.3) is 0 Å². The Balaban J connectivity index is 1.87. The van der Waals surface area contributed by atoms with Crippen molar-refractivity contribution in [2.24, 2.45) is 0 Å². The SMILES string of the molecule is COc1ccc(CCNC(=O)c2sc(=O)[nH]c2C)cc1. The maximum absolute atomic E-state index is 11.9. The Labute approximate surface area is 120 Å². The molecule has 0 saturated carbocycles. The van der Waals surface area contributed by atoms with Gasteiger partial charge in [0.15, 0.2) is 0 Å². The van der Waals surface area contributed by atoms with Crippen molar-refractivity contribution < 1.29 is 9.53 Å². The van der Waals surface area contributed by atoms with Gasteiger partial charge in [-0.15, -0.1) is 0 Å². The molecule has 106 valence electrons. The van der Waals surface area contributed by atoms with Gasteiger partial charge in [-0.2, -0.15) is 0 Å². The summed E-state index contributed by atoms with van der Waals surface area (Å²) in [7, 11) is 1.62. The third-order valence-electron chi connectivity index (χ3n) is 2.89. The lowest BCUT2D eigenvalue weighted by Crippen LogP contribution is -2.25. The number of hydrogen-bond donors (Lipinski definition) is 2. The average molecular weight is 292 g/mol. The van der Waals surface area contributed by atoms with Gasteiger partial charge in [-0.25, -0.2) is 0 Å². The van der Waals surface area contributed by atoms with Crippen LogP contribution >= 0.6 is 11.3 Å². The second kappa shape index (κ2) is 6.38. The molecule has 0 atom stereocenters. The van der Waals surface area contributed by atoms with Gasteiger partial charge >= 0.3 is 4.87 Å². The van der Waals surface area contributed by atoms with E-state index in [1.807, 2.05) is 24.3 Å². The lowest BCUT2D eigenvalue weighted by Gasteiger charge is -2.05. The first-order valence-corrected chi connectivity index (χ1v) is 7.02. The summed E-state index contributed by atoms with van der Waals surface area (Å²) in [6.07, 6.45) is 0.730. The van der Waals surface area contributed by atoms with Gasteiger partial charge in [0.05, 0.1) is 7.11 Å². The fourth-order valence-electron chi connectivity index (χ4n) is 1.81. The largest absolute Gasteiger partial charge is 0.497 e. The molecule has 6 heteroatoms. The molecule has 1 amide bonds. The molecule has 0 unspecified atom stereocenters. The van der Waals surface area contributed by atoms with E-state index in [1.165, 1.54) is 0 Å². The number of benzene rings is 1. The molecule has 0 aliphatic rings. The third-order valence-corrected chi connectivity index (χ3v) is 3.87. The molecular weight excluding hydrogens is 276 g/mol. The molecule has 0 fully saturated rings. The Bertz CT molecular complexity index is 643. The van der Waals surface area contributed by atoms with Crippen LogP contribution in [0.1, 0.15) is 20.9 Å². The highest BCUT2D eigenvalue weighted by Gasteiger charge is 2.12. The van der Waals surface area contributed by atoms with Crippen LogP contribution in [0, 0.1) is 6.92 Å². The molecule has 0 radical (unpaired) electrons. The standard InChI is InChI=1S/C14H16N2O3S/c1-9-12(20-14(18)16-9)13(17)15-8-7-10-3-5-11(19-2)6-4-10/h3-6H,7-8H2,1-2H3,(H,15,17)(H,16,18). The molecule has 1 heterocycles. The Morgan fingerprint density at radius 2 is 2.05 bits per heavy atom. The van der Waals surface area contributed by atoms with Crippen LogP contribution in [-0.4, -0.2) is 24.5 Å². The predicted molar refractivity (Wildman–Crippen MR) is 78.7 cm³/mol. The zero-order chi connectivity index (χ0) is 14.5. The molecule has 0 aliphatic heterocycles. The van der Waals surface area contributed by atoms with Crippen LogP contribution in [0.15, 0.2) is 29.1 Å². The maximum atomic E-state index is 11.9. The number of amides is 1. The predicted octanol–water partition coefficient (Wildman–Crippen LogP) is 1.73. The van der Waals surface area contributed by atoms with Crippen molar-refractivity contribution in [2.75, 3.05) is 13.7 Å². The van der Waals surface area contributed by atoms with Gasteiger partial charge < -0.3 is 15.0 Å². The van der Waals surface area contributed by atoms with E-state index in [4.69, 9.17) is 4.74 Å². The first-order valence-electron chi connectivity index (χ1n) is 6.21. The van der Waals surface area contributed by atoms with Crippen LogP contribution < -0.4 is 14.9 Å². The molecule has 0 bridgehead atoms. The minimum absolute atomic E-state index is 0.206. The van der Waals surface area contributed by atoms with Crippen molar-refractivity contribution in [3.05, 3.63) is 50.1 Å². The minimum atomic E-state index is -0.209. The normalized spacial score (nSPS) is 10.3. The first-order chi connectivity index (χ1) is 9.60. The third kappa shape index (κ3) is 3.48. The van der Waals surface area contributed by atoms with Crippen LogP contribution in [0.5, 0.6) is 5.75 Å². The van der Waals surface area contributed by atoms with E-state index in [1.54, 1.807) is 14.0 Å². The molecule has 0 aliphatic carbocycles. The Morgan fingerprint density at radius 3 is 2.60 bits per heavy atom. The number of H-pyrrole nitrogens is 1. The smallest absolute Gasteiger partial charge is 0.305 e. The number of methoxy groups -OCH3 is 1. The topological polar surface area (TPSA) is 71.2 Å². The number of nitrogens with one attached hydrogen (secondary N) is 2. The molecule has 0 saturated heterocycles. The number of carbonyl (C=O) groups is 1. The van der Waals surface area contributed by atoms with Crippen LogP contribution in [-0.2, 0) is 6.42 Å². The molecule has 2 aromatic rings. The quantitative estimate of drug-likeness (QED) is 0.881. The summed E-state index contributed by atoms with van der Waals surface area (Å²) in [5, 5.41) is 2.81. The number of aromatic nitrogens is 1. The molecule has 20 heavy (non-hydrogen) atoms. The number of hydrogen-bond acceptors (Lipinski definition) is 4. The van der Waals surface area contributed by atoms with E-state index in [-0.39, 0.29) is 10.8 Å². The van der Waals surface area contributed by atoms with Crippen molar-refractivity contribution in [1.82, 2.24) is 10.3 Å². The monoisotopic (exact) mass is 292 g/mol. The van der Waals surface area contributed by atoms with Crippen LogP contribution in [0.2, 0.25) is 0 Å². The molecule has 5 nitrogen and oxygen atoms in total. The van der Waals surface area contributed by atoms with Gasteiger partial charge in [0.25, 0.3) is 5.91 Å². The molecule has 2 N–H and O–H groups in total. The van der Waals surface area contributed by atoms with E-state index in [0.29, 0.717) is 17.1 Å². The van der Waals surface area contributed by atoms with E-state index < -0.39 is 0 Å². The van der Waals surface area contributed by atoms with Gasteiger partial charge in [-0.1, -0.05) is 23.5 Å². The highest BCUT2D eigenvalue weighted by atomic mass is 32.1. The Hall–Kier alpha value is -2.08. The zero-order valence-corrected chi connectivity index (χ0v) is 12.2. The lowest BCUT2D eigenvalue weighted by atomic mass is 10.1. The van der Waals surface area contributed by atoms with E-state index in [2.05, 4.69) is 10.3 Å². The average Bonchev–Trinajstić information content (AvgIpc) is 2.78. The van der Waals surface area contributed by atoms with Crippen molar-refractivity contribution >= 4 is 17.2 Å². The summed E-state index contributed by atoms with van der Waals surface area (Å²) < 4.78 is 5.08. The van der Waals surface area contributed by atoms with E-state index >= 15 is 0 Å². The number of aromatic amines is 1. The Kier molecular flexibility index (Phi) is 4.57. The number of carbonyl (C=O) groups excluding carboxylic acids is 1. The zero-order valence-electron chi connectivity index (χ0n) is 11.4. The molecule has 1 aromatic carbocycles. The second-order valence-electron chi connectivity index (χ2n) is 4.32. The number of thiazole rings is 1. The van der Waals surface area contributed by atoms with Crippen molar-refractivity contribution in [3.8, 4) is 5.75 Å². The maximum Gasteiger partial charge on any atom is 0.305 e. The summed E-state index contributed by atoms with van der Waals surface area (Å²) in [6.45, 7) is 2.24. The fourth-order valence-corrected chi connectivity index (χ4v) is 2.57. The van der Waals surface area contributed by atoms with Gasteiger partial charge in [0, 0.05) is 12.2 Å². The lowest BCUT2D eigenvalue weighted by molar-refractivity contribution is 0.0957. The van der Waals surface area contributed by atoms with Crippen molar-refractivity contribution in [3.63, 3.8) is 0 Å². The highest BCUT2D eigenvalue weighted by Crippen LogP contribution is 2.11. The van der Waals surface area contributed by atoms with Gasteiger partial charge in [0.2, 0.25) is 0 Å². The second-order valence-corrected chi connectivity index (χ2v) is 5.31. The van der Waals surface area contributed by atoms with Crippen LogP contribution in [0.3, 0.4) is 0 Å². The van der Waals surface area contributed by atoms with E-state index in [0.717, 1.165) is 29.1 Å². The summed E-state index contributed by atoms with van der Waals surface area (Å²) in [6, 6.07) is 7.70. The summed E-state index contributed by atoms with van der Waals surface area (Å²) in [4.78, 5) is 25.9. The summed E-state index contributed by atoms with van der Waals surface area (Å²) >= 11 is 0.934. The number of rotatable bonds is 5. The molecule has 1 aromatic heterocycles. The molecule has 2 rings (SSSR count). The molecular formula is C14H16N2O3S.